The lowest BCUT2D eigenvalue weighted by atomic mass is 10.2. The van der Waals surface area contributed by atoms with Crippen molar-refractivity contribution in [3.05, 3.63) is 28.5 Å². The van der Waals surface area contributed by atoms with Gasteiger partial charge in [-0.25, -0.2) is 4.98 Å². The molecule has 0 radical (unpaired) electrons. The van der Waals surface area contributed by atoms with E-state index in [-0.39, 0.29) is 16.6 Å². The maximum absolute atomic E-state index is 12.8. The summed E-state index contributed by atoms with van der Waals surface area (Å²) in [6.07, 6.45) is -4.49. The average Bonchev–Trinajstić information content (AvgIpc) is 2.64. The molecule has 1 aromatic heterocycles. The topological polar surface area (TPSA) is 43.8 Å². The molecule has 19 heavy (non-hydrogen) atoms. The number of imidazole rings is 1. The van der Waals surface area contributed by atoms with Gasteiger partial charge in [-0.2, -0.15) is 13.2 Å². The average molecular weight is 292 g/mol. The highest BCUT2D eigenvalue weighted by Crippen LogP contribution is 2.37. The molecular formula is C12H13ClF3N3. The van der Waals surface area contributed by atoms with Crippen LogP contribution in [0.5, 0.6) is 0 Å². The van der Waals surface area contributed by atoms with E-state index in [4.69, 9.17) is 17.3 Å². The zero-order valence-electron chi connectivity index (χ0n) is 10.4. The summed E-state index contributed by atoms with van der Waals surface area (Å²) in [4.78, 5) is 4.18. The maximum atomic E-state index is 12.8. The number of aryl methyl sites for hydroxylation is 1. The monoisotopic (exact) mass is 291 g/mol. The van der Waals surface area contributed by atoms with Crippen molar-refractivity contribution in [2.75, 3.05) is 0 Å². The molecule has 1 aromatic carbocycles. The molecule has 0 saturated heterocycles. The Balaban J connectivity index is 2.75. The Morgan fingerprint density at radius 3 is 2.53 bits per heavy atom. The smallest absolute Gasteiger partial charge is 0.327 e. The van der Waals surface area contributed by atoms with Crippen LogP contribution >= 0.6 is 11.6 Å². The maximum Gasteiger partial charge on any atom is 0.417 e. The van der Waals surface area contributed by atoms with Gasteiger partial charge in [0.25, 0.3) is 0 Å². The van der Waals surface area contributed by atoms with Crippen molar-refractivity contribution < 1.29 is 13.2 Å². The highest BCUT2D eigenvalue weighted by molar-refractivity contribution is 6.32. The lowest BCUT2D eigenvalue weighted by molar-refractivity contribution is -0.137. The van der Waals surface area contributed by atoms with Crippen LogP contribution in [0.25, 0.3) is 11.0 Å². The normalized spacial score (nSPS) is 14.1. The van der Waals surface area contributed by atoms with Crippen molar-refractivity contribution in [3.63, 3.8) is 0 Å². The Kier molecular flexibility index (Phi) is 3.49. The molecule has 0 fully saturated rings. The molecule has 2 N–H and O–H groups in total. The Bertz CT molecular complexity index is 617. The van der Waals surface area contributed by atoms with Crippen molar-refractivity contribution >= 4 is 22.6 Å². The summed E-state index contributed by atoms with van der Waals surface area (Å²) in [6.45, 7) is 4.17. The second-order valence-corrected chi connectivity index (χ2v) is 4.73. The Labute approximate surface area is 113 Å². The molecule has 0 unspecified atom stereocenters. The molecule has 2 rings (SSSR count). The first-order chi connectivity index (χ1) is 8.75. The summed E-state index contributed by atoms with van der Waals surface area (Å²) in [5, 5.41) is -0.328. The standard InChI is InChI=1S/C12H13ClF3N3/c1-3-19-10-5-8(13)7(12(14,15)16)4-9(10)18-11(19)6(2)17/h4-6H,3,17H2,1-2H3/t6-/m1/s1. The SMILES string of the molecule is CCn1c([C@@H](C)N)nc2cc(C(F)(F)F)c(Cl)cc21. The Hall–Kier alpha value is -1.27. The van der Waals surface area contributed by atoms with Crippen molar-refractivity contribution in [1.82, 2.24) is 9.55 Å². The fraction of sp³-hybridized carbons (Fsp3) is 0.417. The molecule has 2 aromatic rings. The Morgan fingerprint density at radius 1 is 1.42 bits per heavy atom. The minimum absolute atomic E-state index is 0.255. The third-order valence-electron chi connectivity index (χ3n) is 2.90. The molecule has 0 spiro atoms. The van der Waals surface area contributed by atoms with E-state index in [1.807, 2.05) is 6.92 Å². The zero-order valence-corrected chi connectivity index (χ0v) is 11.2. The number of alkyl halides is 3. The lowest BCUT2D eigenvalue weighted by Gasteiger charge is -2.10. The van der Waals surface area contributed by atoms with Crippen molar-refractivity contribution in [2.45, 2.75) is 32.6 Å². The van der Waals surface area contributed by atoms with E-state index in [9.17, 15) is 13.2 Å². The molecule has 0 saturated carbocycles. The number of rotatable bonds is 2. The van der Waals surface area contributed by atoms with E-state index >= 15 is 0 Å². The van der Waals surface area contributed by atoms with E-state index in [0.717, 1.165) is 6.07 Å². The summed E-state index contributed by atoms with van der Waals surface area (Å²) in [7, 11) is 0. The highest BCUT2D eigenvalue weighted by Gasteiger charge is 2.34. The minimum atomic E-state index is -4.49. The molecule has 0 bridgehead atoms. The van der Waals surface area contributed by atoms with Gasteiger partial charge < -0.3 is 10.3 Å². The summed E-state index contributed by atoms with van der Waals surface area (Å²) in [5.74, 6) is 0.549. The van der Waals surface area contributed by atoms with Gasteiger partial charge in [-0.3, -0.25) is 0 Å². The van der Waals surface area contributed by atoms with Gasteiger partial charge >= 0.3 is 6.18 Å². The van der Waals surface area contributed by atoms with E-state index < -0.39 is 11.7 Å². The van der Waals surface area contributed by atoms with Crippen LogP contribution in [0, 0.1) is 0 Å². The summed E-state index contributed by atoms with van der Waals surface area (Å²) in [5.41, 5.74) is 5.72. The summed E-state index contributed by atoms with van der Waals surface area (Å²) < 4.78 is 40.1. The van der Waals surface area contributed by atoms with Crippen molar-refractivity contribution in [3.8, 4) is 0 Å². The van der Waals surface area contributed by atoms with Crippen LogP contribution in [-0.4, -0.2) is 9.55 Å². The molecule has 104 valence electrons. The van der Waals surface area contributed by atoms with Gasteiger partial charge in [-0.1, -0.05) is 11.6 Å². The van der Waals surface area contributed by atoms with Gasteiger partial charge in [-0.15, -0.1) is 0 Å². The molecular weight excluding hydrogens is 279 g/mol. The molecule has 0 aliphatic rings. The summed E-state index contributed by atoms with van der Waals surface area (Å²) in [6, 6.07) is 1.90. The quantitative estimate of drug-likeness (QED) is 0.916. The number of nitrogens with zero attached hydrogens (tertiary/aromatic N) is 2. The van der Waals surface area contributed by atoms with Gasteiger partial charge in [0.05, 0.1) is 27.7 Å². The van der Waals surface area contributed by atoms with E-state index in [1.54, 1.807) is 11.5 Å². The van der Waals surface area contributed by atoms with Crippen LogP contribution in [0.15, 0.2) is 12.1 Å². The molecule has 0 aliphatic carbocycles. The Morgan fingerprint density at radius 2 is 2.05 bits per heavy atom. The van der Waals surface area contributed by atoms with Crippen molar-refractivity contribution in [2.24, 2.45) is 5.73 Å². The predicted molar refractivity (Wildman–Crippen MR) is 68.0 cm³/mol. The van der Waals surface area contributed by atoms with Gasteiger partial charge in [0.1, 0.15) is 5.82 Å². The number of hydrogen-bond acceptors (Lipinski definition) is 2. The minimum Gasteiger partial charge on any atom is -0.327 e. The highest BCUT2D eigenvalue weighted by atomic mass is 35.5. The van der Waals surface area contributed by atoms with Crippen LogP contribution in [0.4, 0.5) is 13.2 Å². The number of benzene rings is 1. The molecule has 0 aliphatic heterocycles. The van der Waals surface area contributed by atoms with Gasteiger partial charge in [0.15, 0.2) is 0 Å². The molecule has 1 heterocycles. The van der Waals surface area contributed by atoms with Crippen molar-refractivity contribution in [1.29, 1.82) is 0 Å². The number of halogens is 4. The fourth-order valence-electron chi connectivity index (χ4n) is 2.06. The van der Waals surface area contributed by atoms with E-state index in [1.165, 1.54) is 6.07 Å². The zero-order chi connectivity index (χ0) is 14.4. The molecule has 0 amide bonds. The predicted octanol–water partition coefficient (Wildman–Crippen LogP) is 3.75. The number of nitrogens with two attached hydrogens (primary N) is 1. The second kappa shape index (κ2) is 4.68. The fourth-order valence-corrected chi connectivity index (χ4v) is 2.33. The van der Waals surface area contributed by atoms with Crippen LogP contribution in [0.2, 0.25) is 5.02 Å². The van der Waals surface area contributed by atoms with Crippen LogP contribution in [0.3, 0.4) is 0 Å². The molecule has 3 nitrogen and oxygen atoms in total. The summed E-state index contributed by atoms with van der Waals surface area (Å²) >= 11 is 5.71. The number of fused-ring (bicyclic) bond motifs is 1. The van der Waals surface area contributed by atoms with Gasteiger partial charge in [0.2, 0.25) is 0 Å². The second-order valence-electron chi connectivity index (χ2n) is 4.32. The lowest BCUT2D eigenvalue weighted by Crippen LogP contribution is -2.12. The third kappa shape index (κ3) is 2.42. The first-order valence-corrected chi connectivity index (χ1v) is 6.16. The first kappa shape index (κ1) is 14.1. The largest absolute Gasteiger partial charge is 0.417 e. The van der Waals surface area contributed by atoms with Gasteiger partial charge in [0, 0.05) is 6.54 Å². The van der Waals surface area contributed by atoms with Gasteiger partial charge in [-0.05, 0) is 26.0 Å². The van der Waals surface area contributed by atoms with Crippen LogP contribution in [-0.2, 0) is 12.7 Å². The molecule has 7 heteroatoms. The first-order valence-electron chi connectivity index (χ1n) is 5.78. The van der Waals surface area contributed by atoms with E-state index in [2.05, 4.69) is 4.98 Å². The third-order valence-corrected chi connectivity index (χ3v) is 3.21. The number of hydrogen-bond donors (Lipinski definition) is 1. The number of aromatic nitrogens is 2. The van der Waals surface area contributed by atoms with Crippen LogP contribution < -0.4 is 5.73 Å². The molecule has 1 atom stereocenters. The van der Waals surface area contributed by atoms with Crippen LogP contribution in [0.1, 0.15) is 31.3 Å². The van der Waals surface area contributed by atoms with E-state index in [0.29, 0.717) is 17.9 Å².